The Kier molecular flexibility index (Phi) is 4.37. The van der Waals surface area contributed by atoms with Gasteiger partial charge in [-0.1, -0.05) is 6.07 Å². The number of benzene rings is 2. The predicted octanol–water partition coefficient (Wildman–Crippen LogP) is 3.81. The number of anilines is 2. The van der Waals surface area contributed by atoms with Crippen LogP contribution in [0.5, 0.6) is 0 Å². The van der Waals surface area contributed by atoms with E-state index in [-0.39, 0.29) is 22.4 Å². The van der Waals surface area contributed by atoms with E-state index in [2.05, 4.69) is 4.72 Å². The normalized spacial score (nSPS) is 16.8. The number of hydrogen-bond donors (Lipinski definition) is 1. The smallest absolute Gasteiger partial charge is 0.312 e. The summed E-state index contributed by atoms with van der Waals surface area (Å²) in [5.41, 5.74) is 0.340. The van der Waals surface area contributed by atoms with Crippen LogP contribution in [-0.2, 0) is 27.4 Å². The van der Waals surface area contributed by atoms with E-state index in [1.807, 2.05) is 0 Å². The van der Waals surface area contributed by atoms with Gasteiger partial charge in [0.05, 0.1) is 10.5 Å². The second-order valence-electron chi connectivity index (χ2n) is 6.99. The van der Waals surface area contributed by atoms with E-state index in [1.165, 1.54) is 18.2 Å². The molecule has 1 N–H and O–H groups in total. The van der Waals surface area contributed by atoms with Crippen LogP contribution in [-0.4, -0.2) is 20.9 Å². The highest BCUT2D eigenvalue weighted by atomic mass is 32.2. The van der Waals surface area contributed by atoms with Gasteiger partial charge in [0.2, 0.25) is 5.91 Å². The number of nitrogens with zero attached hydrogens (tertiary/aromatic N) is 1. The Morgan fingerprint density at radius 2 is 1.86 bits per heavy atom. The molecule has 1 aliphatic heterocycles. The third kappa shape index (κ3) is 3.58. The number of amides is 1. The van der Waals surface area contributed by atoms with Gasteiger partial charge in [-0.05, 0) is 61.2 Å². The molecule has 28 heavy (non-hydrogen) atoms. The van der Waals surface area contributed by atoms with E-state index in [9.17, 15) is 26.4 Å². The molecule has 0 radical (unpaired) electrons. The fraction of sp³-hybridized carbons (Fsp3) is 0.316. The van der Waals surface area contributed by atoms with Crippen molar-refractivity contribution in [3.05, 3.63) is 53.6 Å². The topological polar surface area (TPSA) is 66.5 Å². The minimum atomic E-state index is -4.56. The van der Waals surface area contributed by atoms with Crippen LogP contribution in [0.15, 0.2) is 47.4 Å². The number of halogens is 3. The van der Waals surface area contributed by atoms with Crippen molar-refractivity contribution in [2.24, 2.45) is 5.92 Å². The van der Waals surface area contributed by atoms with E-state index >= 15 is 0 Å². The zero-order chi connectivity index (χ0) is 20.1. The summed E-state index contributed by atoms with van der Waals surface area (Å²) in [6.45, 7) is 0.509. The second kappa shape index (κ2) is 6.51. The fourth-order valence-corrected chi connectivity index (χ4v) is 4.40. The van der Waals surface area contributed by atoms with Gasteiger partial charge in [0.15, 0.2) is 0 Å². The van der Waals surface area contributed by atoms with Crippen LogP contribution >= 0.6 is 0 Å². The molecule has 1 saturated carbocycles. The Hall–Kier alpha value is -2.55. The number of carbonyl (C=O) groups is 1. The third-order valence-corrected chi connectivity index (χ3v) is 6.27. The largest absolute Gasteiger partial charge is 0.416 e. The lowest BCUT2D eigenvalue weighted by Crippen LogP contribution is -2.30. The van der Waals surface area contributed by atoms with Crippen LogP contribution in [0.2, 0.25) is 0 Å². The van der Waals surface area contributed by atoms with Gasteiger partial charge < -0.3 is 4.90 Å². The minimum absolute atomic E-state index is 0.0515. The quantitative estimate of drug-likeness (QED) is 0.834. The summed E-state index contributed by atoms with van der Waals surface area (Å²) in [6.07, 6.45) is -2.25. The molecule has 9 heteroatoms. The molecule has 0 saturated heterocycles. The van der Waals surface area contributed by atoms with E-state index in [1.54, 1.807) is 11.0 Å². The molecule has 0 bridgehead atoms. The number of fused-ring (bicyclic) bond motifs is 1. The second-order valence-corrected chi connectivity index (χ2v) is 8.67. The fourth-order valence-electron chi connectivity index (χ4n) is 3.30. The van der Waals surface area contributed by atoms with Crippen LogP contribution in [0.25, 0.3) is 0 Å². The molecule has 4 rings (SSSR count). The first-order chi connectivity index (χ1) is 13.1. The number of nitrogens with one attached hydrogen (secondary N) is 1. The van der Waals surface area contributed by atoms with Gasteiger partial charge >= 0.3 is 6.18 Å². The van der Waals surface area contributed by atoms with E-state index < -0.39 is 21.8 Å². The summed E-state index contributed by atoms with van der Waals surface area (Å²) in [5.74, 6) is 0.133. The molecule has 1 amide bonds. The number of rotatable bonds is 4. The average molecular weight is 410 g/mol. The number of sulfonamides is 1. The number of alkyl halides is 3. The van der Waals surface area contributed by atoms with Gasteiger partial charge in [0, 0.05) is 23.8 Å². The predicted molar refractivity (Wildman–Crippen MR) is 97.5 cm³/mol. The Bertz CT molecular complexity index is 1050. The zero-order valence-electron chi connectivity index (χ0n) is 14.7. The van der Waals surface area contributed by atoms with E-state index in [0.29, 0.717) is 18.7 Å². The van der Waals surface area contributed by atoms with E-state index in [4.69, 9.17) is 0 Å². The first-order valence-electron chi connectivity index (χ1n) is 8.79. The third-order valence-electron chi connectivity index (χ3n) is 4.89. The molecule has 2 aliphatic rings. The van der Waals surface area contributed by atoms with Crippen molar-refractivity contribution in [3.8, 4) is 0 Å². The van der Waals surface area contributed by atoms with Crippen LogP contribution < -0.4 is 9.62 Å². The molecule has 148 valence electrons. The van der Waals surface area contributed by atoms with E-state index in [0.717, 1.165) is 36.6 Å². The Labute approximate surface area is 160 Å². The maximum Gasteiger partial charge on any atom is 0.416 e. The lowest BCUT2D eigenvalue weighted by Gasteiger charge is -2.17. The highest BCUT2D eigenvalue weighted by Crippen LogP contribution is 2.37. The summed E-state index contributed by atoms with van der Waals surface area (Å²) in [7, 11) is -4.06. The van der Waals surface area contributed by atoms with Gasteiger partial charge in [-0.2, -0.15) is 13.2 Å². The number of hydrogen-bond acceptors (Lipinski definition) is 3. The summed E-state index contributed by atoms with van der Waals surface area (Å²) in [4.78, 5) is 13.9. The summed E-state index contributed by atoms with van der Waals surface area (Å²) in [6, 6.07) is 8.46. The molecule has 5 nitrogen and oxygen atoms in total. The molecule has 0 atom stereocenters. The van der Waals surface area contributed by atoms with Crippen molar-refractivity contribution < 1.29 is 26.4 Å². The van der Waals surface area contributed by atoms with Crippen molar-refractivity contribution >= 4 is 27.3 Å². The monoisotopic (exact) mass is 410 g/mol. The van der Waals surface area contributed by atoms with Crippen molar-refractivity contribution in [2.75, 3.05) is 16.2 Å². The SMILES string of the molecule is O=C(C1CC1)N1CCc2cc(S(=O)(=O)Nc3cccc(C(F)(F)F)c3)ccc21. The lowest BCUT2D eigenvalue weighted by atomic mass is 10.2. The van der Waals surface area contributed by atoms with Crippen molar-refractivity contribution in [1.29, 1.82) is 0 Å². The van der Waals surface area contributed by atoms with Crippen molar-refractivity contribution in [2.45, 2.75) is 30.3 Å². The standard InChI is InChI=1S/C19H17F3N2O3S/c20-19(21,22)14-2-1-3-15(11-14)23-28(26,27)16-6-7-17-13(10-16)8-9-24(17)18(25)12-4-5-12/h1-3,6-7,10-12,23H,4-5,8-9H2. The summed E-state index contributed by atoms with van der Waals surface area (Å²) >= 11 is 0. The van der Waals surface area contributed by atoms with Crippen LogP contribution in [0.3, 0.4) is 0 Å². The Balaban J connectivity index is 1.58. The maximum absolute atomic E-state index is 12.8. The first kappa shape index (κ1) is 18.8. The highest BCUT2D eigenvalue weighted by molar-refractivity contribution is 7.92. The molecule has 1 heterocycles. The molecule has 1 fully saturated rings. The number of carbonyl (C=O) groups excluding carboxylic acids is 1. The molecule has 1 aliphatic carbocycles. The Morgan fingerprint density at radius 3 is 2.54 bits per heavy atom. The highest BCUT2D eigenvalue weighted by Gasteiger charge is 2.37. The summed E-state index contributed by atoms with van der Waals surface area (Å²) in [5, 5.41) is 0. The summed E-state index contributed by atoms with van der Waals surface area (Å²) < 4.78 is 65.9. The van der Waals surface area contributed by atoms with Crippen molar-refractivity contribution in [1.82, 2.24) is 0 Å². The lowest BCUT2D eigenvalue weighted by molar-refractivity contribution is -0.137. The zero-order valence-corrected chi connectivity index (χ0v) is 15.5. The van der Waals surface area contributed by atoms with Crippen LogP contribution in [0, 0.1) is 5.92 Å². The van der Waals surface area contributed by atoms with Crippen LogP contribution in [0.4, 0.5) is 24.5 Å². The van der Waals surface area contributed by atoms with Gasteiger partial charge in [-0.15, -0.1) is 0 Å². The van der Waals surface area contributed by atoms with Gasteiger partial charge in [0.25, 0.3) is 10.0 Å². The molecule has 0 aromatic heterocycles. The maximum atomic E-state index is 12.8. The van der Waals surface area contributed by atoms with Crippen molar-refractivity contribution in [3.63, 3.8) is 0 Å². The average Bonchev–Trinajstić information content (AvgIpc) is 3.39. The molecule has 2 aromatic carbocycles. The molecule has 2 aromatic rings. The molecule has 0 spiro atoms. The first-order valence-corrected chi connectivity index (χ1v) is 10.3. The Morgan fingerprint density at radius 1 is 1.11 bits per heavy atom. The molecular formula is C19H17F3N2O3S. The van der Waals surface area contributed by atoms with Gasteiger partial charge in [-0.3, -0.25) is 9.52 Å². The van der Waals surface area contributed by atoms with Gasteiger partial charge in [-0.25, -0.2) is 8.42 Å². The molecular weight excluding hydrogens is 393 g/mol. The minimum Gasteiger partial charge on any atom is -0.312 e. The molecule has 0 unspecified atom stereocenters. The van der Waals surface area contributed by atoms with Crippen LogP contribution in [0.1, 0.15) is 24.0 Å². The van der Waals surface area contributed by atoms with Gasteiger partial charge in [0.1, 0.15) is 0 Å².